The van der Waals surface area contributed by atoms with Crippen molar-refractivity contribution >= 4 is 17.7 Å². The van der Waals surface area contributed by atoms with Crippen molar-refractivity contribution in [2.24, 2.45) is 5.10 Å². The highest BCUT2D eigenvalue weighted by Gasteiger charge is 2.12. The number of benzene rings is 2. The number of hydrazine groups is 1. The van der Waals surface area contributed by atoms with Gasteiger partial charge >= 0.3 is 0 Å². The van der Waals surface area contributed by atoms with Crippen molar-refractivity contribution in [2.75, 3.05) is 16.7 Å². The van der Waals surface area contributed by atoms with Gasteiger partial charge in [-0.25, -0.2) is 10.4 Å². The molecule has 90 valence electrons. The molecule has 0 saturated carbocycles. The maximum absolute atomic E-state index is 4.43. The maximum Gasteiger partial charge on any atom is 0.131 e. The minimum absolute atomic E-state index is 0.648. The average Bonchev–Trinajstić information content (AvgIpc) is 2.49. The molecule has 2 aromatic carbocycles. The van der Waals surface area contributed by atoms with Crippen molar-refractivity contribution in [3.05, 3.63) is 60.7 Å². The summed E-state index contributed by atoms with van der Waals surface area (Å²) in [6.07, 6.45) is 1.78. The predicted octanol–water partition coefficient (Wildman–Crippen LogP) is 2.42. The summed E-state index contributed by atoms with van der Waals surface area (Å²) in [7, 11) is 0. The van der Waals surface area contributed by atoms with Crippen LogP contribution in [0.25, 0.3) is 0 Å². The second-order valence-electron chi connectivity index (χ2n) is 3.99. The molecule has 4 nitrogen and oxygen atoms in total. The first-order chi connectivity index (χ1) is 8.93. The summed E-state index contributed by atoms with van der Waals surface area (Å²) in [6.45, 7) is 0.648. The van der Waals surface area contributed by atoms with Crippen molar-refractivity contribution in [1.82, 2.24) is 5.43 Å². The molecule has 0 amide bonds. The van der Waals surface area contributed by atoms with Crippen LogP contribution in [0, 0.1) is 0 Å². The molecule has 1 N–H and O–H groups in total. The summed E-state index contributed by atoms with van der Waals surface area (Å²) >= 11 is 0. The molecule has 1 heterocycles. The van der Waals surface area contributed by atoms with Gasteiger partial charge in [0, 0.05) is 0 Å². The number of nitrogens with zero attached hydrogens (tertiary/aromatic N) is 3. The Morgan fingerprint density at radius 1 is 0.833 bits per heavy atom. The zero-order chi connectivity index (χ0) is 12.2. The fraction of sp³-hybridized carbons (Fsp3) is 0.0714. The van der Waals surface area contributed by atoms with E-state index in [9.17, 15) is 0 Å². The van der Waals surface area contributed by atoms with E-state index in [2.05, 4.69) is 10.5 Å². The maximum atomic E-state index is 4.43. The zero-order valence-electron chi connectivity index (χ0n) is 9.90. The average molecular weight is 238 g/mol. The molecule has 0 aliphatic carbocycles. The Morgan fingerprint density at radius 2 is 1.44 bits per heavy atom. The van der Waals surface area contributed by atoms with E-state index >= 15 is 0 Å². The van der Waals surface area contributed by atoms with Gasteiger partial charge in [0.2, 0.25) is 0 Å². The molecular formula is C14H14N4. The van der Waals surface area contributed by atoms with Crippen molar-refractivity contribution in [2.45, 2.75) is 0 Å². The highest BCUT2D eigenvalue weighted by Crippen LogP contribution is 2.16. The minimum Gasteiger partial charge on any atom is -0.263 e. The standard InChI is InChI=1S/C14H14N4/c1-3-7-13(8-4-1)17-11-16-18(12-15-17)14-9-5-2-6-10-14/h1-11,15H,12H2. The number of hydrogen-bond donors (Lipinski definition) is 1. The van der Waals surface area contributed by atoms with Crippen LogP contribution in [0.4, 0.5) is 11.4 Å². The van der Waals surface area contributed by atoms with Gasteiger partial charge in [0.25, 0.3) is 0 Å². The SMILES string of the molecule is C1=NN(c2ccccc2)CNN1c1ccccc1. The van der Waals surface area contributed by atoms with E-state index in [4.69, 9.17) is 0 Å². The Balaban J connectivity index is 1.76. The normalized spacial score (nSPS) is 14.9. The van der Waals surface area contributed by atoms with Crippen molar-refractivity contribution in [3.63, 3.8) is 0 Å². The Bertz CT molecular complexity index is 475. The van der Waals surface area contributed by atoms with E-state index in [1.165, 1.54) is 0 Å². The van der Waals surface area contributed by atoms with Crippen molar-refractivity contribution in [1.29, 1.82) is 0 Å². The molecular weight excluding hydrogens is 224 g/mol. The molecule has 0 bridgehead atoms. The quantitative estimate of drug-likeness (QED) is 0.871. The highest BCUT2D eigenvalue weighted by molar-refractivity contribution is 5.79. The molecule has 0 spiro atoms. The van der Waals surface area contributed by atoms with Gasteiger partial charge in [-0.2, -0.15) is 5.10 Å². The third-order valence-electron chi connectivity index (χ3n) is 2.79. The monoisotopic (exact) mass is 238 g/mol. The fourth-order valence-electron chi connectivity index (χ4n) is 1.84. The van der Waals surface area contributed by atoms with Gasteiger partial charge in [0.1, 0.15) is 13.0 Å². The van der Waals surface area contributed by atoms with Gasteiger partial charge in [0.15, 0.2) is 0 Å². The molecule has 0 aromatic heterocycles. The molecule has 1 aliphatic heterocycles. The van der Waals surface area contributed by atoms with Crippen LogP contribution in [0.15, 0.2) is 65.8 Å². The van der Waals surface area contributed by atoms with E-state index in [0.717, 1.165) is 11.4 Å². The van der Waals surface area contributed by atoms with Gasteiger partial charge < -0.3 is 0 Å². The number of nitrogens with one attached hydrogen (secondary N) is 1. The summed E-state index contributed by atoms with van der Waals surface area (Å²) in [5.41, 5.74) is 5.45. The minimum atomic E-state index is 0.648. The number of anilines is 2. The lowest BCUT2D eigenvalue weighted by molar-refractivity contribution is 0.657. The molecule has 4 heteroatoms. The number of hydrazone groups is 1. The van der Waals surface area contributed by atoms with Gasteiger partial charge in [0.05, 0.1) is 11.4 Å². The largest absolute Gasteiger partial charge is 0.263 e. The van der Waals surface area contributed by atoms with Crippen LogP contribution < -0.4 is 15.4 Å². The Labute approximate surface area is 106 Å². The lowest BCUT2D eigenvalue weighted by Gasteiger charge is -2.30. The Kier molecular flexibility index (Phi) is 2.94. The van der Waals surface area contributed by atoms with Crippen molar-refractivity contribution in [3.8, 4) is 0 Å². The predicted molar refractivity (Wildman–Crippen MR) is 74.3 cm³/mol. The van der Waals surface area contributed by atoms with Crippen LogP contribution in [0.1, 0.15) is 0 Å². The van der Waals surface area contributed by atoms with Gasteiger partial charge in [-0.15, -0.1) is 0 Å². The first kappa shape index (κ1) is 10.8. The first-order valence-electron chi connectivity index (χ1n) is 5.88. The summed E-state index contributed by atoms with van der Waals surface area (Å²) < 4.78 is 0. The van der Waals surface area contributed by atoms with Crippen LogP contribution >= 0.6 is 0 Å². The van der Waals surface area contributed by atoms with E-state index in [-0.39, 0.29) is 0 Å². The van der Waals surface area contributed by atoms with Crippen molar-refractivity contribution < 1.29 is 0 Å². The molecule has 3 rings (SSSR count). The van der Waals surface area contributed by atoms with E-state index < -0.39 is 0 Å². The molecule has 0 fully saturated rings. The van der Waals surface area contributed by atoms with Crippen LogP contribution in [-0.2, 0) is 0 Å². The zero-order valence-corrected chi connectivity index (χ0v) is 9.90. The second-order valence-corrected chi connectivity index (χ2v) is 3.99. The van der Waals surface area contributed by atoms with E-state index in [1.54, 1.807) is 6.34 Å². The molecule has 2 aromatic rings. The molecule has 0 saturated heterocycles. The number of hydrogen-bond acceptors (Lipinski definition) is 4. The van der Waals surface area contributed by atoms with Crippen LogP contribution in [0.5, 0.6) is 0 Å². The molecule has 1 aliphatic rings. The first-order valence-corrected chi connectivity index (χ1v) is 5.88. The molecule has 0 unspecified atom stereocenters. The van der Waals surface area contributed by atoms with Crippen LogP contribution in [0.3, 0.4) is 0 Å². The van der Waals surface area contributed by atoms with Crippen LogP contribution in [0.2, 0.25) is 0 Å². The third kappa shape index (κ3) is 2.19. The third-order valence-corrected chi connectivity index (χ3v) is 2.79. The molecule has 0 radical (unpaired) electrons. The number of para-hydroxylation sites is 2. The second kappa shape index (κ2) is 4.89. The van der Waals surface area contributed by atoms with Gasteiger partial charge in [-0.05, 0) is 24.3 Å². The Morgan fingerprint density at radius 3 is 2.00 bits per heavy atom. The summed E-state index contributed by atoms with van der Waals surface area (Å²) in [4.78, 5) is 0. The summed E-state index contributed by atoms with van der Waals surface area (Å²) in [5, 5.41) is 8.26. The Hall–Kier alpha value is -2.33. The number of rotatable bonds is 2. The lowest BCUT2D eigenvalue weighted by atomic mass is 10.3. The molecule has 0 atom stereocenters. The van der Waals surface area contributed by atoms with E-state index in [0.29, 0.717) is 6.67 Å². The highest BCUT2D eigenvalue weighted by atomic mass is 15.7. The smallest absolute Gasteiger partial charge is 0.131 e. The topological polar surface area (TPSA) is 30.9 Å². The fourth-order valence-corrected chi connectivity index (χ4v) is 1.84. The van der Waals surface area contributed by atoms with Crippen LogP contribution in [-0.4, -0.2) is 13.0 Å². The van der Waals surface area contributed by atoms with E-state index in [1.807, 2.05) is 70.7 Å². The lowest BCUT2D eigenvalue weighted by Crippen LogP contribution is -2.47. The molecule has 18 heavy (non-hydrogen) atoms. The van der Waals surface area contributed by atoms with Gasteiger partial charge in [-0.1, -0.05) is 36.4 Å². The summed E-state index contributed by atoms with van der Waals surface area (Å²) in [6, 6.07) is 20.2. The summed E-state index contributed by atoms with van der Waals surface area (Å²) in [5.74, 6) is 0. The van der Waals surface area contributed by atoms with Gasteiger partial charge in [-0.3, -0.25) is 5.01 Å².